The second-order valence-electron chi connectivity index (χ2n) is 5.12. The first-order valence-electron chi connectivity index (χ1n) is 7.26. The van der Waals surface area contributed by atoms with E-state index in [1.807, 2.05) is 0 Å². The third kappa shape index (κ3) is 4.48. The number of benzene rings is 1. The number of aliphatic carboxylic acids is 1. The summed E-state index contributed by atoms with van der Waals surface area (Å²) in [5, 5.41) is 18.2. The minimum atomic E-state index is -0.846. The van der Waals surface area contributed by atoms with Gasteiger partial charge in [0.2, 0.25) is 0 Å². The van der Waals surface area contributed by atoms with E-state index >= 15 is 0 Å². The lowest BCUT2D eigenvalue weighted by atomic mass is 10.2. The van der Waals surface area contributed by atoms with Gasteiger partial charge in [0.05, 0.1) is 12.0 Å². The van der Waals surface area contributed by atoms with Crippen LogP contribution in [-0.4, -0.2) is 45.0 Å². The van der Waals surface area contributed by atoms with Crippen LogP contribution in [-0.2, 0) is 9.59 Å². The number of thiocarbonyl (C=S) groups is 1. The number of hydrogen-bond acceptors (Lipinski definition) is 6. The van der Waals surface area contributed by atoms with Crippen LogP contribution in [0.2, 0.25) is 0 Å². The van der Waals surface area contributed by atoms with Crippen LogP contribution < -0.4 is 4.74 Å². The fourth-order valence-electron chi connectivity index (χ4n) is 2.17. The third-order valence-corrected chi connectivity index (χ3v) is 4.78. The van der Waals surface area contributed by atoms with Crippen molar-refractivity contribution in [2.45, 2.75) is 19.3 Å². The lowest BCUT2D eigenvalue weighted by molar-refractivity contribution is -0.137. The van der Waals surface area contributed by atoms with Crippen molar-refractivity contribution in [2.75, 3.05) is 13.7 Å². The van der Waals surface area contributed by atoms with E-state index in [1.54, 1.807) is 18.2 Å². The SMILES string of the molecule is COc1cc(/C=C2\SC(=S)N(CCCCC(=O)O)C2=O)ccc1O. The topological polar surface area (TPSA) is 87.1 Å². The van der Waals surface area contributed by atoms with E-state index in [-0.39, 0.29) is 18.1 Å². The lowest BCUT2D eigenvalue weighted by Gasteiger charge is -2.13. The van der Waals surface area contributed by atoms with Crippen LogP contribution in [0.4, 0.5) is 0 Å². The molecule has 1 aliphatic rings. The van der Waals surface area contributed by atoms with Crippen LogP contribution in [0.15, 0.2) is 23.1 Å². The van der Waals surface area contributed by atoms with E-state index in [0.29, 0.717) is 34.4 Å². The zero-order chi connectivity index (χ0) is 17.7. The smallest absolute Gasteiger partial charge is 0.303 e. The lowest BCUT2D eigenvalue weighted by Crippen LogP contribution is -2.29. The molecule has 0 aromatic heterocycles. The molecule has 1 aromatic carbocycles. The molecule has 1 aromatic rings. The van der Waals surface area contributed by atoms with E-state index in [1.165, 1.54) is 29.8 Å². The molecule has 128 valence electrons. The van der Waals surface area contributed by atoms with Crippen molar-refractivity contribution in [1.29, 1.82) is 0 Å². The predicted molar refractivity (Wildman–Crippen MR) is 96.0 cm³/mol. The Balaban J connectivity index is 2.06. The summed E-state index contributed by atoms with van der Waals surface area (Å²) < 4.78 is 5.51. The van der Waals surface area contributed by atoms with E-state index in [9.17, 15) is 14.7 Å². The molecular formula is C16H17NO5S2. The van der Waals surface area contributed by atoms with Gasteiger partial charge in [-0.05, 0) is 36.6 Å². The first-order valence-corrected chi connectivity index (χ1v) is 8.49. The number of aromatic hydroxyl groups is 1. The Labute approximate surface area is 149 Å². The highest BCUT2D eigenvalue weighted by molar-refractivity contribution is 8.26. The summed E-state index contributed by atoms with van der Waals surface area (Å²) in [4.78, 5) is 24.9. The number of nitrogens with zero attached hydrogens (tertiary/aromatic N) is 1. The number of phenols is 1. The minimum Gasteiger partial charge on any atom is -0.504 e. The highest BCUT2D eigenvalue weighted by atomic mass is 32.2. The largest absolute Gasteiger partial charge is 0.504 e. The van der Waals surface area contributed by atoms with Crippen LogP contribution >= 0.6 is 24.0 Å². The molecule has 0 radical (unpaired) electrons. The van der Waals surface area contributed by atoms with Gasteiger partial charge >= 0.3 is 5.97 Å². The summed E-state index contributed by atoms with van der Waals surface area (Å²) in [7, 11) is 1.45. The quantitative estimate of drug-likeness (QED) is 0.435. The van der Waals surface area contributed by atoms with Crippen molar-refractivity contribution < 1.29 is 24.5 Å². The molecular weight excluding hydrogens is 350 g/mol. The molecule has 2 N–H and O–H groups in total. The van der Waals surface area contributed by atoms with E-state index in [0.717, 1.165) is 5.56 Å². The summed E-state index contributed by atoms with van der Waals surface area (Å²) >= 11 is 6.44. The highest BCUT2D eigenvalue weighted by Crippen LogP contribution is 2.34. The summed E-state index contributed by atoms with van der Waals surface area (Å²) in [6.07, 6.45) is 2.86. The molecule has 1 heterocycles. The van der Waals surface area contributed by atoms with Crippen LogP contribution in [0.25, 0.3) is 6.08 Å². The Morgan fingerprint density at radius 2 is 2.17 bits per heavy atom. The number of thioether (sulfide) groups is 1. The molecule has 24 heavy (non-hydrogen) atoms. The first-order chi connectivity index (χ1) is 11.4. The molecule has 1 aliphatic heterocycles. The van der Waals surface area contributed by atoms with Gasteiger partial charge in [0, 0.05) is 13.0 Å². The van der Waals surface area contributed by atoms with Gasteiger partial charge in [-0.25, -0.2) is 0 Å². The Kier molecular flexibility index (Phi) is 6.22. The normalized spacial score (nSPS) is 16.0. The molecule has 0 aliphatic carbocycles. The molecule has 0 unspecified atom stereocenters. The van der Waals surface area contributed by atoms with Gasteiger partial charge in [0.15, 0.2) is 11.5 Å². The maximum absolute atomic E-state index is 12.4. The van der Waals surface area contributed by atoms with Gasteiger partial charge in [-0.2, -0.15) is 0 Å². The summed E-state index contributed by atoms with van der Waals surface area (Å²) in [5.41, 5.74) is 0.719. The average molecular weight is 367 g/mol. The van der Waals surface area contributed by atoms with Crippen molar-refractivity contribution in [3.63, 3.8) is 0 Å². The zero-order valence-corrected chi connectivity index (χ0v) is 14.7. The molecule has 1 amide bonds. The number of carbonyl (C=O) groups is 2. The monoisotopic (exact) mass is 367 g/mol. The predicted octanol–water partition coefficient (Wildman–Crippen LogP) is 2.86. The zero-order valence-electron chi connectivity index (χ0n) is 13.0. The Morgan fingerprint density at radius 1 is 1.42 bits per heavy atom. The van der Waals surface area contributed by atoms with Gasteiger partial charge in [0.1, 0.15) is 4.32 Å². The number of hydrogen-bond donors (Lipinski definition) is 2. The number of carboxylic acids is 1. The molecule has 0 saturated carbocycles. The van der Waals surface area contributed by atoms with Crippen molar-refractivity contribution in [1.82, 2.24) is 4.90 Å². The Bertz CT molecular complexity index is 702. The number of carboxylic acid groups (broad SMARTS) is 1. The van der Waals surface area contributed by atoms with Gasteiger partial charge < -0.3 is 14.9 Å². The number of rotatable bonds is 7. The van der Waals surface area contributed by atoms with Crippen LogP contribution in [0.5, 0.6) is 11.5 Å². The van der Waals surface area contributed by atoms with E-state index in [4.69, 9.17) is 22.1 Å². The van der Waals surface area contributed by atoms with Crippen LogP contribution in [0, 0.1) is 0 Å². The molecule has 6 nitrogen and oxygen atoms in total. The van der Waals surface area contributed by atoms with Crippen molar-refractivity contribution in [2.24, 2.45) is 0 Å². The van der Waals surface area contributed by atoms with Crippen LogP contribution in [0.1, 0.15) is 24.8 Å². The van der Waals surface area contributed by atoms with Crippen molar-refractivity contribution in [3.05, 3.63) is 28.7 Å². The molecule has 1 saturated heterocycles. The number of amides is 1. The van der Waals surface area contributed by atoms with Gasteiger partial charge in [-0.1, -0.05) is 30.0 Å². The molecule has 0 spiro atoms. The number of methoxy groups -OCH3 is 1. The number of phenolic OH excluding ortho intramolecular Hbond substituents is 1. The average Bonchev–Trinajstić information content (AvgIpc) is 2.80. The maximum Gasteiger partial charge on any atom is 0.303 e. The van der Waals surface area contributed by atoms with Gasteiger partial charge in [0.25, 0.3) is 5.91 Å². The first kappa shape index (κ1) is 18.3. The molecule has 2 rings (SSSR count). The van der Waals surface area contributed by atoms with E-state index < -0.39 is 5.97 Å². The summed E-state index contributed by atoms with van der Waals surface area (Å²) in [6.45, 7) is 0.411. The van der Waals surface area contributed by atoms with E-state index in [2.05, 4.69) is 0 Å². The summed E-state index contributed by atoms with van der Waals surface area (Å²) in [5.74, 6) is -0.678. The standard InChI is InChI=1S/C16H17NO5S2/c1-22-12-8-10(5-6-11(12)18)9-13-15(21)17(16(23)24-13)7-3-2-4-14(19)20/h5-6,8-9,18H,2-4,7H2,1H3,(H,19,20)/b13-9-. The van der Waals surface area contributed by atoms with Crippen molar-refractivity contribution >= 4 is 46.3 Å². The van der Waals surface area contributed by atoms with Gasteiger partial charge in [-0.3, -0.25) is 14.5 Å². The number of carbonyl (C=O) groups excluding carboxylic acids is 1. The van der Waals surface area contributed by atoms with Gasteiger partial charge in [-0.15, -0.1) is 0 Å². The Hall–Kier alpha value is -2.06. The molecule has 0 atom stereocenters. The number of unbranched alkanes of at least 4 members (excludes halogenated alkanes) is 1. The molecule has 8 heteroatoms. The Morgan fingerprint density at radius 3 is 2.83 bits per heavy atom. The van der Waals surface area contributed by atoms with Crippen LogP contribution in [0.3, 0.4) is 0 Å². The molecule has 1 fully saturated rings. The minimum absolute atomic E-state index is 0.0284. The second-order valence-corrected chi connectivity index (χ2v) is 6.79. The maximum atomic E-state index is 12.4. The molecule has 0 bridgehead atoms. The fraction of sp³-hybridized carbons (Fsp3) is 0.312. The fourth-order valence-corrected chi connectivity index (χ4v) is 3.48. The second kappa shape index (κ2) is 8.16. The summed E-state index contributed by atoms with van der Waals surface area (Å²) in [6, 6.07) is 4.81. The highest BCUT2D eigenvalue weighted by Gasteiger charge is 2.31. The number of ether oxygens (including phenoxy) is 1. The van der Waals surface area contributed by atoms with Crippen molar-refractivity contribution in [3.8, 4) is 11.5 Å². The third-order valence-electron chi connectivity index (χ3n) is 3.40.